The molecule has 0 aliphatic rings. The van der Waals surface area contributed by atoms with Crippen LogP contribution in [0.2, 0.25) is 0 Å². The quantitative estimate of drug-likeness (QED) is 0.745. The Labute approximate surface area is 123 Å². The van der Waals surface area contributed by atoms with Crippen molar-refractivity contribution in [3.05, 3.63) is 20.8 Å². The summed E-state index contributed by atoms with van der Waals surface area (Å²) >= 11 is 5.20. The Balaban J connectivity index is 2.62. The Morgan fingerprint density at radius 3 is 2.67 bits per heavy atom. The lowest BCUT2D eigenvalue weighted by molar-refractivity contribution is 0.0153. The van der Waals surface area contributed by atoms with E-state index in [0.29, 0.717) is 5.92 Å². The van der Waals surface area contributed by atoms with Crippen LogP contribution in [0.25, 0.3) is 0 Å². The highest BCUT2D eigenvalue weighted by molar-refractivity contribution is 9.10. The molecule has 0 aliphatic carbocycles. The summed E-state index contributed by atoms with van der Waals surface area (Å²) in [5.41, 5.74) is 6.19. The fourth-order valence-corrected chi connectivity index (χ4v) is 3.52. The standard InChI is InChI=1S/C14H24BrNOS/c1-4-6-10(3)8-17-14(12(16)5-2)13-7-11(15)9-18-13/h7,9-10,12,14H,4-6,8,16H2,1-3H3. The van der Waals surface area contributed by atoms with Crippen molar-refractivity contribution < 1.29 is 4.74 Å². The molecule has 0 amide bonds. The zero-order valence-corrected chi connectivity index (χ0v) is 13.9. The fraction of sp³-hybridized carbons (Fsp3) is 0.714. The summed E-state index contributed by atoms with van der Waals surface area (Å²) in [6, 6.07) is 2.19. The molecule has 0 aliphatic heterocycles. The second-order valence-corrected chi connectivity index (χ2v) is 6.75. The molecule has 1 aromatic heterocycles. The zero-order valence-electron chi connectivity index (χ0n) is 11.5. The smallest absolute Gasteiger partial charge is 0.107 e. The van der Waals surface area contributed by atoms with Crippen LogP contribution in [0.3, 0.4) is 0 Å². The van der Waals surface area contributed by atoms with E-state index in [1.54, 1.807) is 11.3 Å². The van der Waals surface area contributed by atoms with Gasteiger partial charge >= 0.3 is 0 Å². The molecule has 18 heavy (non-hydrogen) atoms. The molecule has 3 atom stereocenters. The Bertz CT molecular complexity index is 342. The van der Waals surface area contributed by atoms with E-state index in [-0.39, 0.29) is 12.1 Å². The minimum absolute atomic E-state index is 0.0330. The molecule has 3 unspecified atom stereocenters. The maximum atomic E-state index is 6.19. The zero-order chi connectivity index (χ0) is 13.5. The van der Waals surface area contributed by atoms with Gasteiger partial charge in [-0.25, -0.2) is 0 Å². The molecule has 0 fully saturated rings. The van der Waals surface area contributed by atoms with Gasteiger partial charge < -0.3 is 10.5 Å². The summed E-state index contributed by atoms with van der Waals surface area (Å²) in [6.45, 7) is 7.35. The molecule has 0 aromatic carbocycles. The van der Waals surface area contributed by atoms with Crippen LogP contribution in [0.1, 0.15) is 51.0 Å². The molecule has 104 valence electrons. The number of hydrogen-bond donors (Lipinski definition) is 1. The number of thiophene rings is 1. The van der Waals surface area contributed by atoms with Gasteiger partial charge in [0.25, 0.3) is 0 Å². The summed E-state index contributed by atoms with van der Waals surface area (Å²) in [6.07, 6.45) is 3.38. The minimum atomic E-state index is 0.0330. The highest BCUT2D eigenvalue weighted by Crippen LogP contribution is 2.31. The molecule has 2 nitrogen and oxygen atoms in total. The van der Waals surface area contributed by atoms with Crippen molar-refractivity contribution >= 4 is 27.3 Å². The third kappa shape index (κ3) is 5.00. The van der Waals surface area contributed by atoms with Crippen LogP contribution in [-0.4, -0.2) is 12.6 Å². The average molecular weight is 334 g/mol. The first-order valence-corrected chi connectivity index (χ1v) is 8.36. The summed E-state index contributed by atoms with van der Waals surface area (Å²) < 4.78 is 7.19. The van der Waals surface area contributed by atoms with E-state index in [1.807, 2.05) is 0 Å². The monoisotopic (exact) mass is 333 g/mol. The van der Waals surface area contributed by atoms with Crippen molar-refractivity contribution in [3.8, 4) is 0 Å². The van der Waals surface area contributed by atoms with Crippen molar-refractivity contribution in [2.45, 2.75) is 52.2 Å². The summed E-state index contributed by atoms with van der Waals surface area (Å²) in [5.74, 6) is 0.602. The van der Waals surface area contributed by atoms with Gasteiger partial charge in [0.1, 0.15) is 6.10 Å². The molecule has 0 saturated carbocycles. The van der Waals surface area contributed by atoms with Crippen LogP contribution in [0.15, 0.2) is 15.9 Å². The molecule has 1 rings (SSSR count). The van der Waals surface area contributed by atoms with Crippen molar-refractivity contribution in [1.29, 1.82) is 0 Å². The lowest BCUT2D eigenvalue weighted by Gasteiger charge is -2.24. The van der Waals surface area contributed by atoms with Crippen LogP contribution < -0.4 is 5.73 Å². The SMILES string of the molecule is CCCC(C)COC(c1cc(Br)cs1)C(N)CC. The molecule has 0 saturated heterocycles. The van der Waals surface area contributed by atoms with Gasteiger partial charge in [0.05, 0.1) is 6.61 Å². The molecule has 2 N–H and O–H groups in total. The van der Waals surface area contributed by atoms with Crippen molar-refractivity contribution in [2.24, 2.45) is 11.7 Å². The largest absolute Gasteiger partial charge is 0.371 e. The van der Waals surface area contributed by atoms with E-state index in [2.05, 4.69) is 48.1 Å². The first kappa shape index (κ1) is 16.2. The first-order valence-electron chi connectivity index (χ1n) is 6.69. The van der Waals surface area contributed by atoms with Gasteiger partial charge in [-0.15, -0.1) is 11.3 Å². The molecule has 0 spiro atoms. The average Bonchev–Trinajstić information content (AvgIpc) is 2.76. The van der Waals surface area contributed by atoms with Crippen molar-refractivity contribution in [3.63, 3.8) is 0 Å². The van der Waals surface area contributed by atoms with E-state index in [0.717, 1.165) is 17.5 Å². The van der Waals surface area contributed by atoms with E-state index < -0.39 is 0 Å². The van der Waals surface area contributed by atoms with E-state index in [4.69, 9.17) is 10.5 Å². The van der Waals surface area contributed by atoms with Gasteiger partial charge in [-0.05, 0) is 40.8 Å². The second kappa shape index (κ2) is 8.31. The van der Waals surface area contributed by atoms with Gasteiger partial charge in [0, 0.05) is 20.8 Å². The normalized spacial score (nSPS) is 16.5. The third-order valence-electron chi connectivity index (χ3n) is 3.07. The molecule has 1 aromatic rings. The predicted molar refractivity (Wildman–Crippen MR) is 83.1 cm³/mol. The minimum Gasteiger partial charge on any atom is -0.371 e. The van der Waals surface area contributed by atoms with Crippen LogP contribution >= 0.6 is 27.3 Å². The third-order valence-corrected chi connectivity index (χ3v) is 4.83. The Hall–Kier alpha value is 0.1000. The highest BCUT2D eigenvalue weighted by Gasteiger charge is 2.21. The molecule has 0 radical (unpaired) electrons. The molecular formula is C14H24BrNOS. The summed E-state index contributed by atoms with van der Waals surface area (Å²) in [7, 11) is 0. The highest BCUT2D eigenvalue weighted by atomic mass is 79.9. The topological polar surface area (TPSA) is 35.2 Å². The predicted octanol–water partition coefficient (Wildman–Crippen LogP) is 4.74. The number of rotatable bonds is 8. The maximum absolute atomic E-state index is 6.19. The van der Waals surface area contributed by atoms with Gasteiger partial charge in [0.2, 0.25) is 0 Å². The molecule has 4 heteroatoms. The van der Waals surface area contributed by atoms with Crippen LogP contribution in [0, 0.1) is 5.92 Å². The molecule has 0 bridgehead atoms. The number of ether oxygens (including phenoxy) is 1. The Kier molecular flexibility index (Phi) is 7.46. The number of hydrogen-bond acceptors (Lipinski definition) is 3. The van der Waals surface area contributed by atoms with E-state index >= 15 is 0 Å². The molecular weight excluding hydrogens is 310 g/mol. The number of nitrogens with two attached hydrogens (primary N) is 1. The van der Waals surface area contributed by atoms with Crippen LogP contribution in [0.5, 0.6) is 0 Å². The van der Waals surface area contributed by atoms with Gasteiger partial charge in [0.15, 0.2) is 0 Å². The second-order valence-electron chi connectivity index (χ2n) is 4.89. The van der Waals surface area contributed by atoms with Crippen LogP contribution in [-0.2, 0) is 4.74 Å². The van der Waals surface area contributed by atoms with Crippen LogP contribution in [0.4, 0.5) is 0 Å². The lowest BCUT2D eigenvalue weighted by atomic mass is 10.1. The molecule has 1 heterocycles. The lowest BCUT2D eigenvalue weighted by Crippen LogP contribution is -2.30. The van der Waals surface area contributed by atoms with Gasteiger partial charge in [-0.1, -0.05) is 27.2 Å². The Morgan fingerprint density at radius 1 is 1.44 bits per heavy atom. The van der Waals surface area contributed by atoms with E-state index in [9.17, 15) is 0 Å². The number of halogens is 1. The van der Waals surface area contributed by atoms with Crippen molar-refractivity contribution in [2.75, 3.05) is 6.61 Å². The maximum Gasteiger partial charge on any atom is 0.107 e. The summed E-state index contributed by atoms with van der Waals surface area (Å²) in [5, 5.41) is 2.09. The van der Waals surface area contributed by atoms with Crippen molar-refractivity contribution in [1.82, 2.24) is 0 Å². The van der Waals surface area contributed by atoms with E-state index in [1.165, 1.54) is 17.7 Å². The van der Waals surface area contributed by atoms with Gasteiger partial charge in [-0.2, -0.15) is 0 Å². The fourth-order valence-electron chi connectivity index (χ4n) is 1.95. The summed E-state index contributed by atoms with van der Waals surface area (Å²) in [4.78, 5) is 1.22. The Morgan fingerprint density at radius 2 is 2.17 bits per heavy atom. The van der Waals surface area contributed by atoms with Gasteiger partial charge in [-0.3, -0.25) is 0 Å². The first-order chi connectivity index (χ1) is 8.58.